The number of imidazole rings is 1. The number of fused-ring (bicyclic) bond motifs is 1. The maximum Gasteiger partial charge on any atom is 0.194 e. The number of benzene rings is 1. The number of rotatable bonds is 6. The van der Waals surface area contributed by atoms with E-state index in [9.17, 15) is 12.8 Å². The van der Waals surface area contributed by atoms with E-state index in [-0.39, 0.29) is 15.5 Å². The summed E-state index contributed by atoms with van der Waals surface area (Å²) in [5.41, 5.74) is 1.18. The summed E-state index contributed by atoms with van der Waals surface area (Å²) >= 11 is 5.98. The Morgan fingerprint density at radius 2 is 2.07 bits per heavy atom. The van der Waals surface area contributed by atoms with Crippen LogP contribution >= 0.6 is 11.6 Å². The topological polar surface area (TPSA) is 72.0 Å². The number of nitrogens with one attached hydrogen (secondary N) is 1. The Bertz CT molecular complexity index is 1010. The largest absolute Gasteiger partial charge is 0.365 e. The van der Waals surface area contributed by atoms with Crippen LogP contribution in [0.4, 0.5) is 4.39 Å². The van der Waals surface area contributed by atoms with Crippen LogP contribution in [-0.4, -0.2) is 31.2 Å². The number of ether oxygens (including phenoxy) is 1. The molecule has 5 nitrogen and oxygen atoms in total. The normalized spacial score (nSPS) is 27.6. The van der Waals surface area contributed by atoms with E-state index < -0.39 is 21.8 Å². The molecule has 3 unspecified atom stereocenters. The summed E-state index contributed by atoms with van der Waals surface area (Å²) in [6.45, 7) is 4.41. The average molecular weight is 427 g/mol. The van der Waals surface area contributed by atoms with Crippen LogP contribution in [0.15, 0.2) is 23.2 Å². The maximum absolute atomic E-state index is 13.7. The predicted molar refractivity (Wildman–Crippen MR) is 105 cm³/mol. The van der Waals surface area contributed by atoms with Crippen LogP contribution in [0.2, 0.25) is 5.02 Å². The molecule has 0 spiro atoms. The molecule has 4 rings (SSSR count). The zero-order valence-corrected chi connectivity index (χ0v) is 17.7. The zero-order valence-electron chi connectivity index (χ0n) is 16.1. The molecule has 0 radical (unpaired) electrons. The van der Waals surface area contributed by atoms with Gasteiger partial charge in [0.15, 0.2) is 14.9 Å². The fourth-order valence-corrected chi connectivity index (χ4v) is 5.58. The van der Waals surface area contributed by atoms with Gasteiger partial charge in [-0.25, -0.2) is 17.8 Å². The molecule has 0 bridgehead atoms. The van der Waals surface area contributed by atoms with Crippen molar-refractivity contribution in [3.63, 3.8) is 0 Å². The van der Waals surface area contributed by atoms with Gasteiger partial charge in [0.1, 0.15) is 17.7 Å². The smallest absolute Gasteiger partial charge is 0.194 e. The highest BCUT2D eigenvalue weighted by atomic mass is 35.5. The van der Waals surface area contributed by atoms with Crippen LogP contribution < -0.4 is 0 Å². The number of nitrogens with zero attached hydrogens (tertiary/aromatic N) is 1. The average Bonchev–Trinajstić information content (AvgIpc) is 3.02. The number of aromatic nitrogens is 2. The Kier molecular flexibility index (Phi) is 4.83. The van der Waals surface area contributed by atoms with Crippen molar-refractivity contribution in [1.29, 1.82) is 0 Å². The first-order valence-corrected chi connectivity index (χ1v) is 11.7. The van der Waals surface area contributed by atoms with Gasteiger partial charge in [-0.3, -0.25) is 0 Å². The van der Waals surface area contributed by atoms with Gasteiger partial charge in [-0.05, 0) is 61.1 Å². The summed E-state index contributed by atoms with van der Waals surface area (Å²) in [5, 5.41) is -0.0105. The van der Waals surface area contributed by atoms with Crippen LogP contribution in [0.25, 0.3) is 0 Å². The molecule has 0 saturated heterocycles. The molecule has 1 heterocycles. The Labute approximate surface area is 169 Å². The molecule has 2 saturated carbocycles. The summed E-state index contributed by atoms with van der Waals surface area (Å²) in [6, 6.07) is 4.39. The number of hydrogen-bond acceptors (Lipinski definition) is 4. The van der Waals surface area contributed by atoms with Gasteiger partial charge in [-0.1, -0.05) is 24.6 Å². The molecule has 3 atom stereocenters. The second kappa shape index (κ2) is 6.82. The van der Waals surface area contributed by atoms with Crippen LogP contribution in [0.1, 0.15) is 49.4 Å². The zero-order chi connectivity index (χ0) is 20.3. The molecular weight excluding hydrogens is 403 g/mol. The molecule has 1 aromatic heterocycles. The minimum atomic E-state index is -3.47. The van der Waals surface area contributed by atoms with Crippen molar-refractivity contribution in [1.82, 2.24) is 9.97 Å². The Balaban J connectivity index is 1.66. The molecule has 0 amide bonds. The van der Waals surface area contributed by atoms with Crippen LogP contribution in [0, 0.1) is 30.0 Å². The summed E-state index contributed by atoms with van der Waals surface area (Å²) in [6.07, 6.45) is 4.07. The van der Waals surface area contributed by atoms with E-state index in [4.69, 9.17) is 16.3 Å². The van der Waals surface area contributed by atoms with Crippen LogP contribution in [0.3, 0.4) is 0 Å². The number of hydrogen-bond donors (Lipinski definition) is 1. The SMILES string of the molecule is Cc1[nH]c(C(OCC2(C)CC3CC3C2)c2ccc(F)c(Cl)c2)nc1S(C)(=O)=O. The fraction of sp³-hybridized carbons (Fsp3) is 0.550. The Morgan fingerprint density at radius 3 is 2.64 bits per heavy atom. The van der Waals surface area contributed by atoms with Crippen molar-refractivity contribution >= 4 is 21.4 Å². The monoisotopic (exact) mass is 426 g/mol. The summed E-state index contributed by atoms with van der Waals surface area (Å²) in [5.74, 6) is 1.50. The van der Waals surface area contributed by atoms with E-state index in [1.54, 1.807) is 13.0 Å². The molecule has 2 aliphatic rings. The lowest BCUT2D eigenvalue weighted by molar-refractivity contribution is 0.00856. The highest BCUT2D eigenvalue weighted by Crippen LogP contribution is 2.60. The van der Waals surface area contributed by atoms with Gasteiger partial charge < -0.3 is 9.72 Å². The summed E-state index contributed by atoms with van der Waals surface area (Å²) < 4.78 is 43.9. The second-order valence-electron chi connectivity index (χ2n) is 8.66. The lowest BCUT2D eigenvalue weighted by Crippen LogP contribution is -2.24. The standard InChI is InChI=1S/C20H24ClFN2O3S/c1-11-19(28(3,25)26)24-18(23-11)17(12-4-5-16(22)15(21)7-12)27-10-20(2)8-13-6-14(13)9-20/h4-5,7,13-14,17H,6,8-10H2,1-3H3,(H,23,24). The van der Waals surface area contributed by atoms with E-state index in [0.717, 1.165) is 30.9 Å². The van der Waals surface area contributed by atoms with Crippen molar-refractivity contribution < 1.29 is 17.5 Å². The van der Waals surface area contributed by atoms with E-state index >= 15 is 0 Å². The lowest BCUT2D eigenvalue weighted by atomic mass is 9.86. The van der Waals surface area contributed by atoms with Gasteiger partial charge in [-0.15, -0.1) is 0 Å². The molecule has 8 heteroatoms. The molecule has 2 aliphatic carbocycles. The van der Waals surface area contributed by atoms with Gasteiger partial charge in [0.05, 0.1) is 17.3 Å². The van der Waals surface area contributed by atoms with Gasteiger partial charge >= 0.3 is 0 Å². The fourth-order valence-electron chi connectivity index (χ4n) is 4.52. The van der Waals surface area contributed by atoms with Crippen molar-refractivity contribution in [2.45, 2.75) is 44.2 Å². The van der Waals surface area contributed by atoms with E-state index in [1.165, 1.54) is 18.6 Å². The number of aryl methyl sites for hydroxylation is 1. The Hall–Kier alpha value is -1.44. The van der Waals surface area contributed by atoms with Gasteiger partial charge in [0.2, 0.25) is 0 Å². The predicted octanol–water partition coefficient (Wildman–Crippen LogP) is 4.46. The molecule has 152 valence electrons. The third-order valence-electron chi connectivity index (χ3n) is 5.88. The maximum atomic E-state index is 13.7. The molecule has 1 N–H and O–H groups in total. The number of sulfone groups is 1. The van der Waals surface area contributed by atoms with E-state index in [1.807, 2.05) is 0 Å². The van der Waals surface area contributed by atoms with Crippen LogP contribution in [0.5, 0.6) is 0 Å². The molecule has 2 aromatic rings. The Morgan fingerprint density at radius 1 is 1.39 bits per heavy atom. The molecule has 0 aliphatic heterocycles. The first-order valence-electron chi connectivity index (χ1n) is 9.39. The minimum absolute atomic E-state index is 0.00219. The van der Waals surface area contributed by atoms with Crippen molar-refractivity contribution in [3.8, 4) is 0 Å². The van der Waals surface area contributed by atoms with Gasteiger partial charge in [0.25, 0.3) is 0 Å². The number of H-pyrrole nitrogens is 1. The quantitative estimate of drug-likeness (QED) is 0.740. The van der Waals surface area contributed by atoms with Crippen molar-refractivity contribution in [2.24, 2.45) is 17.3 Å². The number of halogens is 2. The van der Waals surface area contributed by atoms with Gasteiger partial charge in [0, 0.05) is 6.26 Å². The third kappa shape index (κ3) is 3.84. The van der Waals surface area contributed by atoms with E-state index in [2.05, 4.69) is 16.9 Å². The van der Waals surface area contributed by atoms with Crippen LogP contribution in [-0.2, 0) is 14.6 Å². The molecule has 1 aromatic carbocycles. The van der Waals surface area contributed by atoms with Gasteiger partial charge in [-0.2, -0.15) is 0 Å². The van der Waals surface area contributed by atoms with Crippen molar-refractivity contribution in [3.05, 3.63) is 46.1 Å². The molecule has 28 heavy (non-hydrogen) atoms. The molecule has 2 fully saturated rings. The van der Waals surface area contributed by atoms with Crippen molar-refractivity contribution in [2.75, 3.05) is 12.9 Å². The highest BCUT2D eigenvalue weighted by molar-refractivity contribution is 7.90. The summed E-state index contributed by atoms with van der Waals surface area (Å²) in [4.78, 5) is 7.33. The first-order chi connectivity index (χ1) is 13.1. The lowest BCUT2D eigenvalue weighted by Gasteiger charge is -2.28. The third-order valence-corrected chi connectivity index (χ3v) is 7.27. The second-order valence-corrected chi connectivity index (χ2v) is 11.0. The minimum Gasteiger partial charge on any atom is -0.365 e. The molecular formula is C20H24ClFN2O3S. The number of aromatic amines is 1. The van der Waals surface area contributed by atoms with E-state index in [0.29, 0.717) is 23.7 Å². The first kappa shape index (κ1) is 19.9. The summed E-state index contributed by atoms with van der Waals surface area (Å²) in [7, 11) is -3.47. The highest BCUT2D eigenvalue weighted by Gasteiger charge is 2.51.